The average molecular weight is 667 g/mol. The van der Waals surface area contributed by atoms with Crippen LogP contribution >= 0.6 is 0 Å². The molecule has 1 N–H and O–H groups in total. The van der Waals surface area contributed by atoms with E-state index in [-0.39, 0.29) is 5.75 Å². The minimum Gasteiger partial charge on any atom is -0.507 e. The fourth-order valence-corrected chi connectivity index (χ4v) is 8.35. The first-order valence-corrected chi connectivity index (χ1v) is 17.6. The molecule has 3 aromatic heterocycles. The van der Waals surface area contributed by atoms with Gasteiger partial charge >= 0.3 is 0 Å². The quantitative estimate of drug-likeness (QED) is 0.203. The minimum atomic E-state index is 0.225. The van der Waals surface area contributed by atoms with Gasteiger partial charge in [0, 0.05) is 54.8 Å². The highest BCUT2D eigenvalue weighted by molar-refractivity contribution is 6.18. The summed E-state index contributed by atoms with van der Waals surface area (Å²) < 4.78 is 11.2. The van der Waals surface area contributed by atoms with Gasteiger partial charge in [-0.2, -0.15) is 0 Å². The van der Waals surface area contributed by atoms with Crippen molar-refractivity contribution in [3.63, 3.8) is 0 Å². The van der Waals surface area contributed by atoms with E-state index in [1.807, 2.05) is 36.4 Å². The maximum Gasteiger partial charge on any atom is 0.136 e. The van der Waals surface area contributed by atoms with Crippen LogP contribution in [0.15, 0.2) is 180 Å². The summed E-state index contributed by atoms with van der Waals surface area (Å²) in [5.41, 5.74) is 11.4. The van der Waals surface area contributed by atoms with Gasteiger partial charge in [0.25, 0.3) is 0 Å². The van der Waals surface area contributed by atoms with E-state index in [0.717, 1.165) is 88.4 Å². The molecule has 0 amide bonds. The lowest BCUT2D eigenvalue weighted by Crippen LogP contribution is -1.94. The number of hydrogen-bond acceptors (Lipinski definition) is 2. The normalized spacial score (nSPS) is 11.9. The summed E-state index contributed by atoms with van der Waals surface area (Å²) in [5, 5.41) is 19.2. The topological polar surface area (TPSA) is 43.2 Å². The molecule has 11 aromatic rings. The number of phenolic OH excluding ortho intramolecular Hbond substituents is 1. The molecule has 0 spiro atoms. The number of para-hydroxylation sites is 5. The van der Waals surface area contributed by atoms with Crippen LogP contribution in [0.2, 0.25) is 0 Å². The highest BCUT2D eigenvalue weighted by Gasteiger charge is 2.23. The van der Waals surface area contributed by atoms with Crippen LogP contribution in [0.1, 0.15) is 0 Å². The zero-order valence-electron chi connectivity index (χ0n) is 28.0. The number of nitrogens with zero attached hydrogens (tertiary/aromatic N) is 2. The van der Waals surface area contributed by atoms with Crippen molar-refractivity contribution in [2.24, 2.45) is 0 Å². The number of furan rings is 1. The Balaban J connectivity index is 1.21. The third-order valence-corrected chi connectivity index (χ3v) is 10.6. The van der Waals surface area contributed by atoms with Crippen molar-refractivity contribution in [2.75, 3.05) is 0 Å². The first-order chi connectivity index (χ1) is 25.7. The first-order valence-electron chi connectivity index (χ1n) is 17.6. The molecule has 0 radical (unpaired) electrons. The van der Waals surface area contributed by atoms with Gasteiger partial charge in [-0.15, -0.1) is 0 Å². The van der Waals surface area contributed by atoms with Crippen molar-refractivity contribution in [1.82, 2.24) is 9.13 Å². The highest BCUT2D eigenvalue weighted by Crippen LogP contribution is 2.49. The van der Waals surface area contributed by atoms with Crippen LogP contribution in [0.3, 0.4) is 0 Å². The molecule has 4 nitrogen and oxygen atoms in total. The van der Waals surface area contributed by atoms with Gasteiger partial charge in [0.1, 0.15) is 16.9 Å². The van der Waals surface area contributed by atoms with Gasteiger partial charge in [0.15, 0.2) is 0 Å². The average Bonchev–Trinajstić information content (AvgIpc) is 3.85. The van der Waals surface area contributed by atoms with E-state index in [0.29, 0.717) is 0 Å². The number of benzene rings is 8. The molecule has 0 bridgehead atoms. The van der Waals surface area contributed by atoms with Gasteiger partial charge in [-0.05, 0) is 71.8 Å². The Morgan fingerprint density at radius 3 is 1.48 bits per heavy atom. The van der Waals surface area contributed by atoms with Crippen molar-refractivity contribution >= 4 is 65.6 Å². The SMILES string of the molecule is Oc1c(-c2ccc3c4ccccc4n(-c4ccccc4)c3c2)cc2oc3ccccc3c2c1-c1ccc2c3ccccc3n(-c3ccccc3)c2c1. The number of aromatic nitrogens is 2. The van der Waals surface area contributed by atoms with Crippen molar-refractivity contribution in [1.29, 1.82) is 0 Å². The molecule has 0 aliphatic carbocycles. The fourth-order valence-electron chi connectivity index (χ4n) is 8.35. The molecule has 52 heavy (non-hydrogen) atoms. The van der Waals surface area contributed by atoms with Crippen LogP contribution in [0.4, 0.5) is 0 Å². The zero-order chi connectivity index (χ0) is 34.3. The van der Waals surface area contributed by atoms with E-state index in [9.17, 15) is 5.11 Å². The Morgan fingerprint density at radius 2 is 0.865 bits per heavy atom. The fraction of sp³-hybridized carbons (Fsp3) is 0. The molecule has 4 heteroatoms. The van der Waals surface area contributed by atoms with Crippen LogP contribution in [0.25, 0.3) is 99.2 Å². The molecule has 0 fully saturated rings. The van der Waals surface area contributed by atoms with Crippen molar-refractivity contribution in [2.45, 2.75) is 0 Å². The summed E-state index contributed by atoms with van der Waals surface area (Å²) >= 11 is 0. The molecule has 0 saturated carbocycles. The molecule has 3 heterocycles. The molecule has 0 aliphatic rings. The van der Waals surface area contributed by atoms with Crippen LogP contribution in [0, 0.1) is 0 Å². The van der Waals surface area contributed by atoms with E-state index in [4.69, 9.17) is 4.42 Å². The molecule has 244 valence electrons. The van der Waals surface area contributed by atoms with Crippen LogP contribution < -0.4 is 0 Å². The minimum absolute atomic E-state index is 0.225. The maximum atomic E-state index is 12.6. The van der Waals surface area contributed by atoms with Crippen molar-refractivity contribution in [3.8, 4) is 39.4 Å². The molecular weight excluding hydrogens is 637 g/mol. The number of hydrogen-bond donors (Lipinski definition) is 1. The van der Waals surface area contributed by atoms with Gasteiger partial charge in [0.05, 0.1) is 22.1 Å². The standard InChI is InChI=1S/C48H30N2O2/c51-48-39(30-23-25-36-34-17-7-10-20-40(34)49(42(36)27-30)32-13-3-1-4-14-32)29-45-47(38-19-9-12-22-44(38)52-45)46(48)31-24-26-37-35-18-8-11-21-41(35)50(43(37)28-31)33-15-5-2-6-16-33/h1-29,51H. The Hall–Kier alpha value is -7.04. The lowest BCUT2D eigenvalue weighted by atomic mass is 9.92. The van der Waals surface area contributed by atoms with E-state index in [1.54, 1.807) is 0 Å². The molecule has 0 saturated heterocycles. The van der Waals surface area contributed by atoms with E-state index in [2.05, 4.69) is 149 Å². The molecule has 0 aliphatic heterocycles. The largest absolute Gasteiger partial charge is 0.507 e. The second kappa shape index (κ2) is 11.0. The summed E-state index contributed by atoms with van der Waals surface area (Å²) in [6.07, 6.45) is 0. The maximum absolute atomic E-state index is 12.6. The summed E-state index contributed by atoms with van der Waals surface area (Å²) in [7, 11) is 0. The second-order valence-corrected chi connectivity index (χ2v) is 13.5. The van der Waals surface area contributed by atoms with Gasteiger partial charge in [-0.1, -0.05) is 115 Å². The highest BCUT2D eigenvalue weighted by atomic mass is 16.3. The molecule has 8 aromatic carbocycles. The molecule has 11 rings (SSSR count). The molecule has 0 unspecified atom stereocenters. The summed E-state index contributed by atoms with van der Waals surface area (Å²) in [5.74, 6) is 0.225. The Morgan fingerprint density at radius 1 is 0.385 bits per heavy atom. The third-order valence-electron chi connectivity index (χ3n) is 10.6. The van der Waals surface area contributed by atoms with Crippen molar-refractivity contribution in [3.05, 3.63) is 176 Å². The second-order valence-electron chi connectivity index (χ2n) is 13.5. The molecular formula is C48H30N2O2. The van der Waals surface area contributed by atoms with Crippen LogP contribution in [-0.2, 0) is 0 Å². The number of rotatable bonds is 4. The van der Waals surface area contributed by atoms with Gasteiger partial charge in [-0.25, -0.2) is 0 Å². The third kappa shape index (κ3) is 4.09. The predicted molar refractivity (Wildman–Crippen MR) is 215 cm³/mol. The predicted octanol–water partition coefficient (Wildman–Crippen LogP) is 12.8. The van der Waals surface area contributed by atoms with E-state index in [1.165, 1.54) is 10.8 Å². The van der Waals surface area contributed by atoms with E-state index < -0.39 is 0 Å². The Labute approximate surface area is 298 Å². The summed E-state index contributed by atoms with van der Waals surface area (Å²) in [6, 6.07) is 61.1. The van der Waals surface area contributed by atoms with Gasteiger partial charge in [0.2, 0.25) is 0 Å². The van der Waals surface area contributed by atoms with E-state index >= 15 is 0 Å². The number of aromatic hydroxyl groups is 1. The smallest absolute Gasteiger partial charge is 0.136 e. The lowest BCUT2D eigenvalue weighted by molar-refractivity contribution is 0.480. The van der Waals surface area contributed by atoms with Crippen LogP contribution in [0.5, 0.6) is 5.75 Å². The number of phenols is 1. The van der Waals surface area contributed by atoms with Gasteiger partial charge < -0.3 is 18.7 Å². The summed E-state index contributed by atoms with van der Waals surface area (Å²) in [4.78, 5) is 0. The monoisotopic (exact) mass is 666 g/mol. The summed E-state index contributed by atoms with van der Waals surface area (Å²) in [6.45, 7) is 0. The Bertz CT molecular complexity index is 3180. The van der Waals surface area contributed by atoms with Crippen molar-refractivity contribution < 1.29 is 9.52 Å². The molecule has 0 atom stereocenters. The van der Waals surface area contributed by atoms with Crippen LogP contribution in [-0.4, -0.2) is 14.2 Å². The first kappa shape index (κ1) is 28.8. The lowest BCUT2D eigenvalue weighted by Gasteiger charge is -2.14. The zero-order valence-corrected chi connectivity index (χ0v) is 28.0. The Kier molecular flexibility index (Phi) is 6.07. The number of fused-ring (bicyclic) bond motifs is 9. The van der Waals surface area contributed by atoms with Gasteiger partial charge in [-0.3, -0.25) is 0 Å².